The maximum Gasteiger partial charge on any atom is 0.309 e. The highest BCUT2D eigenvalue weighted by atomic mass is 32.1. The first kappa shape index (κ1) is 21.9. The summed E-state index contributed by atoms with van der Waals surface area (Å²) in [5, 5.41) is 7.50. The molecule has 0 saturated carbocycles. The lowest BCUT2D eigenvalue weighted by atomic mass is 10.0. The molecule has 3 aromatic rings. The van der Waals surface area contributed by atoms with Crippen LogP contribution in [-0.2, 0) is 22.6 Å². The number of carbonyl (C=O) groups excluding carboxylic acids is 2. The maximum atomic E-state index is 12.5. The summed E-state index contributed by atoms with van der Waals surface area (Å²) in [6.45, 7) is 1.58. The lowest BCUT2D eigenvalue weighted by Gasteiger charge is -2.31. The Morgan fingerprint density at radius 3 is 2.47 bits per heavy atom. The first-order valence-corrected chi connectivity index (χ1v) is 11.6. The summed E-state index contributed by atoms with van der Waals surface area (Å²) in [5.74, 6) is -1.22. The van der Waals surface area contributed by atoms with Gasteiger partial charge in [0, 0.05) is 43.4 Å². The van der Waals surface area contributed by atoms with Crippen molar-refractivity contribution in [2.24, 2.45) is 0 Å². The number of benzene rings is 2. The molecule has 32 heavy (non-hydrogen) atoms. The molecule has 0 aliphatic carbocycles. The second-order valence-corrected chi connectivity index (χ2v) is 9.08. The summed E-state index contributed by atoms with van der Waals surface area (Å²) in [6, 6.07) is 20.5. The van der Waals surface area contributed by atoms with Gasteiger partial charge in [-0.1, -0.05) is 36.4 Å². The molecule has 0 spiro atoms. The molecule has 4 rings (SSSR count). The van der Waals surface area contributed by atoms with Gasteiger partial charge in [-0.15, -0.1) is 11.3 Å². The van der Waals surface area contributed by atoms with E-state index in [4.69, 9.17) is 0 Å². The van der Waals surface area contributed by atoms with Crippen LogP contribution in [0, 0.1) is 0 Å². The maximum absolute atomic E-state index is 12.5. The van der Waals surface area contributed by atoms with Crippen LogP contribution in [0.15, 0.2) is 66.0 Å². The van der Waals surface area contributed by atoms with Crippen molar-refractivity contribution in [2.45, 2.75) is 19.0 Å². The van der Waals surface area contributed by atoms with E-state index < -0.39 is 11.8 Å². The Morgan fingerprint density at radius 1 is 1.00 bits per heavy atom. The van der Waals surface area contributed by atoms with Crippen molar-refractivity contribution in [3.63, 3.8) is 0 Å². The molecule has 0 bridgehead atoms. The highest BCUT2D eigenvalue weighted by molar-refractivity contribution is 7.09. The number of fused-ring (bicyclic) bond motifs is 1. The molecular weight excluding hydrogens is 420 g/mol. The van der Waals surface area contributed by atoms with Gasteiger partial charge in [0.1, 0.15) is 0 Å². The van der Waals surface area contributed by atoms with Gasteiger partial charge in [-0.05, 0) is 47.2 Å². The number of para-hydroxylation sites is 1. The van der Waals surface area contributed by atoms with E-state index in [1.807, 2.05) is 37.7 Å². The first-order valence-electron chi connectivity index (χ1n) is 10.7. The number of rotatable bonds is 7. The van der Waals surface area contributed by atoms with Crippen LogP contribution in [0.2, 0.25) is 0 Å². The van der Waals surface area contributed by atoms with E-state index in [2.05, 4.69) is 62.9 Å². The van der Waals surface area contributed by atoms with Crippen LogP contribution in [0.1, 0.15) is 22.0 Å². The summed E-state index contributed by atoms with van der Waals surface area (Å²) in [6.07, 6.45) is 0.970. The van der Waals surface area contributed by atoms with Crippen LogP contribution in [0.3, 0.4) is 0 Å². The van der Waals surface area contributed by atoms with Crippen molar-refractivity contribution >= 4 is 34.5 Å². The normalized spacial score (nSPS) is 13.4. The zero-order valence-corrected chi connectivity index (χ0v) is 19.2. The SMILES string of the molecule is CN(C)c1ccc([C@@H](CNC(=O)C(=O)NCc2cccs2)N2CCc3ccccc32)cc1. The third-order valence-corrected chi connectivity index (χ3v) is 6.64. The first-order chi connectivity index (χ1) is 15.5. The quantitative estimate of drug-likeness (QED) is 0.544. The number of carbonyl (C=O) groups is 2. The van der Waals surface area contributed by atoms with Gasteiger partial charge >= 0.3 is 11.8 Å². The van der Waals surface area contributed by atoms with Crippen molar-refractivity contribution in [3.05, 3.63) is 82.0 Å². The Kier molecular flexibility index (Phi) is 6.75. The number of hydrogen-bond donors (Lipinski definition) is 2. The van der Waals surface area contributed by atoms with Gasteiger partial charge in [-0.2, -0.15) is 0 Å². The molecule has 2 aromatic carbocycles. The average molecular weight is 449 g/mol. The van der Waals surface area contributed by atoms with Crippen LogP contribution < -0.4 is 20.4 Å². The highest BCUT2D eigenvalue weighted by Gasteiger charge is 2.28. The van der Waals surface area contributed by atoms with E-state index in [1.54, 1.807) is 11.3 Å². The van der Waals surface area contributed by atoms with E-state index in [-0.39, 0.29) is 6.04 Å². The molecular formula is C25H28N4O2S. The van der Waals surface area contributed by atoms with E-state index >= 15 is 0 Å². The van der Waals surface area contributed by atoms with Gasteiger partial charge in [-0.25, -0.2) is 0 Å². The van der Waals surface area contributed by atoms with Crippen molar-refractivity contribution in [3.8, 4) is 0 Å². The molecule has 6 nitrogen and oxygen atoms in total. The number of hydrogen-bond acceptors (Lipinski definition) is 5. The minimum atomic E-state index is -0.609. The molecule has 1 aliphatic heterocycles. The van der Waals surface area contributed by atoms with Gasteiger partial charge in [0.15, 0.2) is 0 Å². The number of amides is 2. The summed E-state index contributed by atoms with van der Waals surface area (Å²) in [5.41, 5.74) is 4.71. The molecule has 2 heterocycles. The molecule has 1 aromatic heterocycles. The van der Waals surface area contributed by atoms with Crippen LogP contribution in [0.5, 0.6) is 0 Å². The van der Waals surface area contributed by atoms with Gasteiger partial charge in [-0.3, -0.25) is 9.59 Å². The Bertz CT molecular complexity index is 1060. The fourth-order valence-corrected chi connectivity index (χ4v) is 4.67. The second kappa shape index (κ2) is 9.87. The lowest BCUT2D eigenvalue weighted by molar-refractivity contribution is -0.139. The van der Waals surface area contributed by atoms with Crippen molar-refractivity contribution < 1.29 is 9.59 Å². The Labute approximate surface area is 192 Å². The molecule has 1 atom stereocenters. The largest absolute Gasteiger partial charge is 0.378 e. The zero-order valence-electron chi connectivity index (χ0n) is 18.4. The summed E-state index contributed by atoms with van der Waals surface area (Å²) in [4.78, 5) is 30.2. The third-order valence-electron chi connectivity index (χ3n) is 5.76. The Morgan fingerprint density at radius 2 is 1.75 bits per heavy atom. The molecule has 0 radical (unpaired) electrons. The van der Waals surface area contributed by atoms with Crippen LogP contribution >= 0.6 is 11.3 Å². The van der Waals surface area contributed by atoms with Gasteiger partial charge in [0.2, 0.25) is 0 Å². The number of nitrogens with zero attached hydrogens (tertiary/aromatic N) is 2. The molecule has 7 heteroatoms. The summed E-state index contributed by atoms with van der Waals surface area (Å²) < 4.78 is 0. The fourth-order valence-electron chi connectivity index (χ4n) is 4.02. The van der Waals surface area contributed by atoms with E-state index in [1.165, 1.54) is 11.3 Å². The molecule has 0 fully saturated rings. The van der Waals surface area contributed by atoms with Crippen LogP contribution in [0.25, 0.3) is 0 Å². The Hall–Kier alpha value is -3.32. The fraction of sp³-hybridized carbons (Fsp3) is 0.280. The zero-order chi connectivity index (χ0) is 22.5. The smallest absolute Gasteiger partial charge is 0.309 e. The van der Waals surface area contributed by atoms with Crippen molar-refractivity contribution in [1.29, 1.82) is 0 Å². The lowest BCUT2D eigenvalue weighted by Crippen LogP contribution is -2.43. The number of thiophene rings is 1. The van der Waals surface area contributed by atoms with Gasteiger partial charge in [0.25, 0.3) is 0 Å². The summed E-state index contributed by atoms with van der Waals surface area (Å²) >= 11 is 1.55. The van der Waals surface area contributed by atoms with E-state index in [0.717, 1.165) is 29.1 Å². The topological polar surface area (TPSA) is 64.7 Å². The highest BCUT2D eigenvalue weighted by Crippen LogP contribution is 2.35. The minimum Gasteiger partial charge on any atom is -0.378 e. The molecule has 2 N–H and O–H groups in total. The standard InChI is InChI=1S/C25H28N4O2S/c1-28(2)20-11-9-19(10-12-20)23(29-14-13-18-6-3-4-8-22(18)29)17-27-25(31)24(30)26-16-21-7-5-15-32-21/h3-12,15,23H,13-14,16-17H2,1-2H3,(H,26,30)(H,27,31)/t23-/m1/s1. The monoisotopic (exact) mass is 448 g/mol. The molecule has 2 amide bonds. The predicted molar refractivity (Wildman–Crippen MR) is 130 cm³/mol. The molecule has 0 unspecified atom stereocenters. The van der Waals surface area contributed by atoms with Crippen LogP contribution in [0.4, 0.5) is 11.4 Å². The average Bonchev–Trinajstić information content (AvgIpc) is 3.48. The molecule has 166 valence electrons. The number of nitrogens with one attached hydrogen (secondary N) is 2. The van der Waals surface area contributed by atoms with Gasteiger partial charge < -0.3 is 20.4 Å². The summed E-state index contributed by atoms with van der Waals surface area (Å²) in [7, 11) is 4.02. The molecule has 0 saturated heterocycles. The van der Waals surface area contributed by atoms with Crippen molar-refractivity contribution in [2.75, 3.05) is 37.0 Å². The third kappa shape index (κ3) is 4.94. The Balaban J connectivity index is 1.48. The van der Waals surface area contributed by atoms with Crippen LogP contribution in [-0.4, -0.2) is 39.0 Å². The number of anilines is 2. The minimum absolute atomic E-state index is 0.0658. The van der Waals surface area contributed by atoms with E-state index in [0.29, 0.717) is 13.1 Å². The second-order valence-electron chi connectivity index (χ2n) is 8.05. The van der Waals surface area contributed by atoms with Gasteiger partial charge in [0.05, 0.1) is 12.6 Å². The predicted octanol–water partition coefficient (Wildman–Crippen LogP) is 3.35. The van der Waals surface area contributed by atoms with E-state index in [9.17, 15) is 9.59 Å². The van der Waals surface area contributed by atoms with Crippen molar-refractivity contribution in [1.82, 2.24) is 10.6 Å². The molecule has 1 aliphatic rings.